The average Bonchev–Trinajstić information content (AvgIpc) is 3.48. The molecule has 2 N–H and O–H groups in total. The maximum Gasteiger partial charge on any atom is 0.256 e. The van der Waals surface area contributed by atoms with Gasteiger partial charge in [0.05, 0.1) is 23.2 Å². The number of para-hydroxylation sites is 1. The van der Waals surface area contributed by atoms with Crippen LogP contribution in [0.3, 0.4) is 0 Å². The predicted octanol–water partition coefficient (Wildman–Crippen LogP) is 6.18. The Morgan fingerprint density at radius 2 is 1.82 bits per heavy atom. The molecule has 198 valence electrons. The molecule has 0 radical (unpaired) electrons. The van der Waals surface area contributed by atoms with Gasteiger partial charge in [0, 0.05) is 16.5 Å². The molecule has 1 aliphatic heterocycles. The number of carbonyl (C=O) groups excluding carboxylic acids is 1. The van der Waals surface area contributed by atoms with Crippen molar-refractivity contribution in [1.29, 1.82) is 0 Å². The first-order chi connectivity index (χ1) is 18.7. The average molecular weight is 523 g/mol. The molecule has 8 nitrogen and oxygen atoms in total. The van der Waals surface area contributed by atoms with E-state index < -0.39 is 5.79 Å². The maximum absolute atomic E-state index is 13.0. The molecule has 0 aliphatic carbocycles. The van der Waals surface area contributed by atoms with Gasteiger partial charge in [-0.15, -0.1) is 0 Å². The minimum Gasteiger partial charge on any atom is -0.491 e. The van der Waals surface area contributed by atoms with Gasteiger partial charge in [-0.05, 0) is 87.4 Å². The van der Waals surface area contributed by atoms with Crippen LogP contribution in [0.25, 0.3) is 33.3 Å². The Morgan fingerprint density at radius 1 is 1.03 bits per heavy atom. The first-order valence-electron chi connectivity index (χ1n) is 13.0. The third kappa shape index (κ3) is 5.21. The van der Waals surface area contributed by atoms with Crippen molar-refractivity contribution in [3.8, 4) is 17.1 Å². The first kappa shape index (κ1) is 25.0. The summed E-state index contributed by atoms with van der Waals surface area (Å²) in [6.07, 6.45) is -0.0981. The molecule has 6 rings (SSSR count). The minimum atomic E-state index is -0.571. The lowest BCUT2D eigenvalue weighted by atomic mass is 10.0. The normalized spacial score (nSPS) is 16.6. The molecule has 1 atom stereocenters. The smallest absolute Gasteiger partial charge is 0.256 e. The second-order valence-electron chi connectivity index (χ2n) is 10.4. The summed E-state index contributed by atoms with van der Waals surface area (Å²) in [6.45, 7) is 8.82. The Balaban J connectivity index is 1.20. The summed E-state index contributed by atoms with van der Waals surface area (Å²) < 4.78 is 17.5. The SMILES string of the molecule is Cc1cc(OC[C@@H]2COC(C)(C)O2)cc(C)c1-c1nc2ccc(C(=O)Nc3ccc4ccccc4n3)cc2[nH]1. The van der Waals surface area contributed by atoms with Crippen molar-refractivity contribution in [2.45, 2.75) is 39.6 Å². The molecule has 3 aromatic carbocycles. The van der Waals surface area contributed by atoms with E-state index in [9.17, 15) is 4.79 Å². The standard InChI is InChI=1S/C31H30N4O4/c1-18-13-22(37-16-23-17-38-31(3,4)39-23)14-19(2)28(18)29-33-25-11-9-21(15-26(25)34-29)30(36)35-27-12-10-20-7-5-6-8-24(20)32-27/h5-15,23H,16-17H2,1-4H3,(H,33,34)(H,32,35,36)/t23-/m1/s1. The molecule has 3 heterocycles. The number of carbonyl (C=O) groups is 1. The third-order valence-electron chi connectivity index (χ3n) is 6.83. The lowest BCUT2D eigenvalue weighted by molar-refractivity contribution is -0.141. The highest BCUT2D eigenvalue weighted by Gasteiger charge is 2.33. The van der Waals surface area contributed by atoms with Gasteiger partial charge in [0.25, 0.3) is 5.91 Å². The van der Waals surface area contributed by atoms with Crippen LogP contribution in [-0.2, 0) is 9.47 Å². The Morgan fingerprint density at radius 3 is 2.59 bits per heavy atom. The van der Waals surface area contributed by atoms with Gasteiger partial charge in [-0.25, -0.2) is 9.97 Å². The second-order valence-corrected chi connectivity index (χ2v) is 10.4. The van der Waals surface area contributed by atoms with E-state index in [0.29, 0.717) is 24.6 Å². The van der Waals surface area contributed by atoms with Crippen molar-refractivity contribution in [3.63, 3.8) is 0 Å². The van der Waals surface area contributed by atoms with E-state index in [-0.39, 0.29) is 12.0 Å². The quantitative estimate of drug-likeness (QED) is 0.276. The van der Waals surface area contributed by atoms with Gasteiger partial charge >= 0.3 is 0 Å². The molecule has 5 aromatic rings. The number of anilines is 1. The van der Waals surface area contributed by atoms with Gasteiger partial charge in [0.2, 0.25) is 0 Å². The second kappa shape index (κ2) is 9.80. The molecular weight excluding hydrogens is 492 g/mol. The van der Waals surface area contributed by atoms with Gasteiger partial charge in [0.1, 0.15) is 30.1 Å². The first-order valence-corrected chi connectivity index (χ1v) is 13.0. The molecule has 1 aliphatic rings. The van der Waals surface area contributed by atoms with E-state index in [1.54, 1.807) is 12.1 Å². The van der Waals surface area contributed by atoms with Crippen LogP contribution in [0.4, 0.5) is 5.82 Å². The van der Waals surface area contributed by atoms with Crippen molar-refractivity contribution in [2.75, 3.05) is 18.5 Å². The molecule has 0 saturated carbocycles. The number of hydrogen-bond donors (Lipinski definition) is 2. The minimum absolute atomic E-state index is 0.0981. The van der Waals surface area contributed by atoms with Crippen LogP contribution in [0.5, 0.6) is 5.75 Å². The van der Waals surface area contributed by atoms with Crippen LogP contribution >= 0.6 is 0 Å². The van der Waals surface area contributed by atoms with Crippen molar-refractivity contribution in [3.05, 3.63) is 83.4 Å². The number of benzene rings is 3. The fraction of sp³-hybridized carbons (Fsp3) is 0.258. The van der Waals surface area contributed by atoms with Gasteiger partial charge < -0.3 is 24.5 Å². The molecule has 8 heteroatoms. The number of aryl methyl sites for hydroxylation is 2. The summed E-state index contributed by atoms with van der Waals surface area (Å²) in [5.74, 6) is 1.23. The van der Waals surface area contributed by atoms with Crippen LogP contribution in [0.1, 0.15) is 35.3 Å². The summed E-state index contributed by atoms with van der Waals surface area (Å²) >= 11 is 0. The van der Waals surface area contributed by atoms with Crippen molar-refractivity contribution < 1.29 is 19.0 Å². The van der Waals surface area contributed by atoms with Crippen LogP contribution in [0.2, 0.25) is 0 Å². The van der Waals surface area contributed by atoms with Gasteiger partial charge in [-0.3, -0.25) is 4.79 Å². The number of pyridine rings is 1. The molecule has 0 unspecified atom stereocenters. The lowest BCUT2D eigenvalue weighted by Crippen LogP contribution is -2.25. The molecule has 39 heavy (non-hydrogen) atoms. The van der Waals surface area contributed by atoms with Gasteiger partial charge in [0.15, 0.2) is 5.79 Å². The summed E-state index contributed by atoms with van der Waals surface area (Å²) in [5, 5.41) is 3.92. The fourth-order valence-corrected chi connectivity index (χ4v) is 5.01. The van der Waals surface area contributed by atoms with Gasteiger partial charge in [-0.1, -0.05) is 18.2 Å². The van der Waals surface area contributed by atoms with Crippen molar-refractivity contribution in [1.82, 2.24) is 15.0 Å². The Bertz CT molecular complexity index is 1690. The van der Waals surface area contributed by atoms with E-state index in [0.717, 1.165) is 50.2 Å². The Labute approximate surface area is 226 Å². The molecule has 2 aromatic heterocycles. The summed E-state index contributed by atoms with van der Waals surface area (Å²) in [6, 6.07) is 21.0. The van der Waals surface area contributed by atoms with Crippen LogP contribution in [0.15, 0.2) is 66.7 Å². The molecule has 0 spiro atoms. The highest BCUT2D eigenvalue weighted by molar-refractivity contribution is 6.06. The molecule has 1 amide bonds. The Kier molecular flexibility index (Phi) is 6.29. The fourth-order valence-electron chi connectivity index (χ4n) is 5.01. The highest BCUT2D eigenvalue weighted by Crippen LogP contribution is 2.32. The number of H-pyrrole nitrogens is 1. The van der Waals surface area contributed by atoms with E-state index >= 15 is 0 Å². The molecule has 1 fully saturated rings. The Hall–Kier alpha value is -4.27. The number of ether oxygens (including phenoxy) is 3. The van der Waals surface area contributed by atoms with Crippen LogP contribution in [-0.4, -0.2) is 46.0 Å². The monoisotopic (exact) mass is 522 g/mol. The van der Waals surface area contributed by atoms with E-state index in [4.69, 9.17) is 19.2 Å². The topological polar surface area (TPSA) is 98.4 Å². The molecule has 1 saturated heterocycles. The lowest BCUT2D eigenvalue weighted by Gasteiger charge is -2.18. The number of imidazole rings is 1. The zero-order valence-corrected chi connectivity index (χ0v) is 22.4. The highest BCUT2D eigenvalue weighted by atomic mass is 16.7. The van der Waals surface area contributed by atoms with Crippen LogP contribution in [0, 0.1) is 13.8 Å². The summed E-state index contributed by atoms with van der Waals surface area (Å²) in [7, 11) is 0. The molecule has 0 bridgehead atoms. The largest absolute Gasteiger partial charge is 0.491 e. The number of aromatic nitrogens is 3. The predicted molar refractivity (Wildman–Crippen MR) is 151 cm³/mol. The number of amides is 1. The number of hydrogen-bond acceptors (Lipinski definition) is 6. The van der Waals surface area contributed by atoms with Crippen molar-refractivity contribution in [2.24, 2.45) is 0 Å². The zero-order valence-electron chi connectivity index (χ0n) is 22.4. The number of nitrogens with one attached hydrogen (secondary N) is 2. The van der Waals surface area contributed by atoms with Crippen LogP contribution < -0.4 is 10.1 Å². The third-order valence-corrected chi connectivity index (χ3v) is 6.83. The number of rotatable bonds is 6. The number of fused-ring (bicyclic) bond motifs is 2. The van der Waals surface area contributed by atoms with E-state index in [1.807, 2.05) is 82.3 Å². The molecular formula is C31H30N4O4. The zero-order chi connectivity index (χ0) is 27.1. The summed E-state index contributed by atoms with van der Waals surface area (Å²) in [4.78, 5) is 25.7. The van der Waals surface area contributed by atoms with E-state index in [1.165, 1.54) is 0 Å². The van der Waals surface area contributed by atoms with Gasteiger partial charge in [-0.2, -0.15) is 0 Å². The maximum atomic E-state index is 13.0. The number of aromatic amines is 1. The summed E-state index contributed by atoms with van der Waals surface area (Å²) in [5.41, 5.74) is 5.99. The number of nitrogens with zero attached hydrogens (tertiary/aromatic N) is 2. The van der Waals surface area contributed by atoms with Crippen molar-refractivity contribution >= 4 is 33.7 Å². The van der Waals surface area contributed by atoms with E-state index in [2.05, 4.69) is 15.3 Å².